The smallest absolute Gasteiger partial charge is 0.142 e. The van der Waals surface area contributed by atoms with Gasteiger partial charge in [0, 0.05) is 21.3 Å². The van der Waals surface area contributed by atoms with E-state index in [-0.39, 0.29) is 0 Å². The van der Waals surface area contributed by atoms with E-state index in [0.717, 1.165) is 37.5 Å². The first-order valence-corrected chi connectivity index (χ1v) is 7.34. The first-order chi connectivity index (χ1) is 9.47. The molecule has 3 aromatic rings. The zero-order valence-electron chi connectivity index (χ0n) is 11.1. The zero-order valence-corrected chi connectivity index (χ0v) is 13.5. The number of halogens is 2. The van der Waals surface area contributed by atoms with Crippen molar-refractivity contribution in [3.63, 3.8) is 0 Å². The van der Waals surface area contributed by atoms with E-state index >= 15 is 0 Å². The quantitative estimate of drug-likeness (QED) is 0.696. The zero-order chi connectivity index (χ0) is 14.4. The summed E-state index contributed by atoms with van der Waals surface area (Å²) >= 11 is 9.67. The molecular weight excluding hydrogens is 338 g/mol. The van der Waals surface area contributed by atoms with Gasteiger partial charge in [-0.05, 0) is 53.0 Å². The van der Waals surface area contributed by atoms with Gasteiger partial charge < -0.3 is 5.73 Å². The Kier molecular flexibility index (Phi) is 3.22. The topological polar surface area (TPSA) is 43.3 Å². The van der Waals surface area contributed by atoms with Crippen LogP contribution >= 0.6 is 27.5 Å². The molecule has 0 unspecified atom stereocenters. The van der Waals surface area contributed by atoms with Crippen LogP contribution in [-0.2, 0) is 0 Å². The number of pyridine rings is 1. The average molecular weight is 351 g/mol. The molecule has 0 bridgehead atoms. The number of anilines is 1. The number of benzene rings is 1. The van der Waals surface area contributed by atoms with Gasteiger partial charge in [-0.25, -0.2) is 4.98 Å². The maximum Gasteiger partial charge on any atom is 0.142 e. The second kappa shape index (κ2) is 4.79. The SMILES string of the molecule is Cc1ccc(-c2nc3c(C)cc(Br)cn3c2N)cc1Cl. The van der Waals surface area contributed by atoms with E-state index in [4.69, 9.17) is 17.3 Å². The standard InChI is InChI=1S/C15H13BrClN3/c1-8-3-4-10(6-12(8)17)13-14(18)20-7-11(16)5-9(2)15(20)19-13/h3-7H,18H2,1-2H3. The Morgan fingerprint density at radius 1 is 1.20 bits per heavy atom. The third kappa shape index (κ3) is 2.09. The van der Waals surface area contributed by atoms with Crippen LogP contribution in [0.5, 0.6) is 0 Å². The van der Waals surface area contributed by atoms with Gasteiger partial charge in [-0.15, -0.1) is 0 Å². The molecule has 5 heteroatoms. The molecule has 0 aliphatic carbocycles. The molecule has 102 valence electrons. The number of aryl methyl sites for hydroxylation is 2. The highest BCUT2D eigenvalue weighted by Crippen LogP contribution is 2.31. The van der Waals surface area contributed by atoms with Crippen LogP contribution in [0.1, 0.15) is 11.1 Å². The van der Waals surface area contributed by atoms with Crippen molar-refractivity contribution >= 4 is 39.0 Å². The number of rotatable bonds is 1. The lowest BCUT2D eigenvalue weighted by Crippen LogP contribution is -1.95. The Labute approximate surface area is 130 Å². The fourth-order valence-electron chi connectivity index (χ4n) is 2.24. The molecule has 1 aromatic carbocycles. The highest BCUT2D eigenvalue weighted by atomic mass is 79.9. The number of hydrogen-bond donors (Lipinski definition) is 1. The molecule has 2 N–H and O–H groups in total. The minimum absolute atomic E-state index is 0.615. The van der Waals surface area contributed by atoms with Crippen molar-refractivity contribution in [2.24, 2.45) is 0 Å². The van der Waals surface area contributed by atoms with Crippen molar-refractivity contribution < 1.29 is 0 Å². The van der Waals surface area contributed by atoms with E-state index in [1.807, 2.05) is 48.7 Å². The minimum Gasteiger partial charge on any atom is -0.383 e. The second-order valence-electron chi connectivity index (χ2n) is 4.84. The lowest BCUT2D eigenvalue weighted by molar-refractivity contribution is 1.16. The summed E-state index contributed by atoms with van der Waals surface area (Å²) in [6, 6.07) is 7.89. The summed E-state index contributed by atoms with van der Waals surface area (Å²) < 4.78 is 2.86. The summed E-state index contributed by atoms with van der Waals surface area (Å²) in [6.45, 7) is 3.98. The highest BCUT2D eigenvalue weighted by Gasteiger charge is 2.14. The predicted molar refractivity (Wildman–Crippen MR) is 87.2 cm³/mol. The molecule has 20 heavy (non-hydrogen) atoms. The molecule has 2 heterocycles. The van der Waals surface area contributed by atoms with Gasteiger partial charge in [-0.1, -0.05) is 23.7 Å². The Balaban J connectivity index is 2.29. The van der Waals surface area contributed by atoms with Crippen molar-refractivity contribution in [3.8, 4) is 11.3 Å². The van der Waals surface area contributed by atoms with E-state index in [1.54, 1.807) is 0 Å². The highest BCUT2D eigenvalue weighted by molar-refractivity contribution is 9.10. The number of imidazole rings is 1. The number of nitrogens with two attached hydrogens (primary N) is 1. The number of nitrogens with zero attached hydrogens (tertiary/aromatic N) is 2. The van der Waals surface area contributed by atoms with Crippen LogP contribution < -0.4 is 5.73 Å². The number of fused-ring (bicyclic) bond motifs is 1. The summed E-state index contributed by atoms with van der Waals surface area (Å²) in [7, 11) is 0. The van der Waals surface area contributed by atoms with Gasteiger partial charge in [-0.2, -0.15) is 0 Å². The predicted octanol–water partition coefficient (Wildman–Crippen LogP) is 4.62. The van der Waals surface area contributed by atoms with E-state index in [9.17, 15) is 0 Å². The third-order valence-corrected chi connectivity index (χ3v) is 4.19. The summed E-state index contributed by atoms with van der Waals surface area (Å²) in [5, 5.41) is 0.719. The molecular formula is C15H13BrClN3. The van der Waals surface area contributed by atoms with Crippen LogP contribution in [0.25, 0.3) is 16.9 Å². The van der Waals surface area contributed by atoms with Crippen LogP contribution in [-0.4, -0.2) is 9.38 Å². The second-order valence-corrected chi connectivity index (χ2v) is 6.17. The lowest BCUT2D eigenvalue weighted by atomic mass is 10.1. The van der Waals surface area contributed by atoms with Gasteiger partial charge in [0.2, 0.25) is 0 Å². The number of hydrogen-bond acceptors (Lipinski definition) is 2. The molecule has 0 spiro atoms. The van der Waals surface area contributed by atoms with Gasteiger partial charge >= 0.3 is 0 Å². The van der Waals surface area contributed by atoms with Gasteiger partial charge in [-0.3, -0.25) is 4.40 Å². The Bertz CT molecular complexity index is 824. The largest absolute Gasteiger partial charge is 0.383 e. The molecule has 0 aliphatic rings. The summed E-state index contributed by atoms with van der Waals surface area (Å²) in [5.41, 5.74) is 10.9. The molecule has 3 nitrogen and oxygen atoms in total. The first kappa shape index (κ1) is 13.5. The summed E-state index contributed by atoms with van der Waals surface area (Å²) in [5.74, 6) is 0.615. The molecule has 2 aromatic heterocycles. The fourth-order valence-corrected chi connectivity index (χ4v) is 2.97. The molecule has 0 aliphatic heterocycles. The maximum absolute atomic E-state index is 6.23. The molecule has 0 atom stereocenters. The normalized spacial score (nSPS) is 11.2. The van der Waals surface area contributed by atoms with Crippen molar-refractivity contribution in [2.75, 3.05) is 5.73 Å². The number of nitrogen functional groups attached to an aromatic ring is 1. The summed E-state index contributed by atoms with van der Waals surface area (Å²) in [6.07, 6.45) is 1.92. The van der Waals surface area contributed by atoms with E-state index in [2.05, 4.69) is 20.9 Å². The van der Waals surface area contributed by atoms with Crippen LogP contribution in [0, 0.1) is 13.8 Å². The fraction of sp³-hybridized carbons (Fsp3) is 0.133. The van der Waals surface area contributed by atoms with Crippen LogP contribution in [0.4, 0.5) is 5.82 Å². The van der Waals surface area contributed by atoms with Gasteiger partial charge in [0.15, 0.2) is 0 Å². The van der Waals surface area contributed by atoms with Gasteiger partial charge in [0.1, 0.15) is 17.2 Å². The Morgan fingerprint density at radius 2 is 1.95 bits per heavy atom. The number of aromatic nitrogens is 2. The van der Waals surface area contributed by atoms with Crippen molar-refractivity contribution in [1.29, 1.82) is 0 Å². The monoisotopic (exact) mass is 349 g/mol. The van der Waals surface area contributed by atoms with Crippen molar-refractivity contribution in [3.05, 3.63) is 51.1 Å². The first-order valence-electron chi connectivity index (χ1n) is 6.17. The molecule has 3 rings (SSSR count). The van der Waals surface area contributed by atoms with Crippen LogP contribution in [0.3, 0.4) is 0 Å². The van der Waals surface area contributed by atoms with Gasteiger partial charge in [0.05, 0.1) is 0 Å². The third-order valence-electron chi connectivity index (χ3n) is 3.35. The molecule has 0 fully saturated rings. The molecule has 0 saturated carbocycles. The molecule has 0 radical (unpaired) electrons. The summed E-state index contributed by atoms with van der Waals surface area (Å²) in [4.78, 5) is 4.65. The Hall–Kier alpha value is -1.52. The van der Waals surface area contributed by atoms with Crippen LogP contribution in [0.2, 0.25) is 5.02 Å². The maximum atomic E-state index is 6.23. The van der Waals surface area contributed by atoms with E-state index in [0.29, 0.717) is 5.82 Å². The van der Waals surface area contributed by atoms with Gasteiger partial charge in [0.25, 0.3) is 0 Å². The van der Waals surface area contributed by atoms with E-state index < -0.39 is 0 Å². The van der Waals surface area contributed by atoms with Crippen LogP contribution in [0.15, 0.2) is 34.9 Å². The minimum atomic E-state index is 0.615. The Morgan fingerprint density at radius 3 is 2.65 bits per heavy atom. The van der Waals surface area contributed by atoms with E-state index in [1.165, 1.54) is 0 Å². The molecule has 0 amide bonds. The lowest BCUT2D eigenvalue weighted by Gasteiger charge is -2.03. The van der Waals surface area contributed by atoms with Crippen molar-refractivity contribution in [1.82, 2.24) is 9.38 Å². The average Bonchev–Trinajstić information content (AvgIpc) is 2.71. The molecule has 0 saturated heterocycles. The van der Waals surface area contributed by atoms with Crippen molar-refractivity contribution in [2.45, 2.75) is 13.8 Å².